The first-order chi connectivity index (χ1) is 12.3. The third-order valence-corrected chi connectivity index (χ3v) is 4.94. The molecule has 0 unspecified atom stereocenters. The average Bonchev–Trinajstić information content (AvgIpc) is 3.25. The van der Waals surface area contributed by atoms with Crippen LogP contribution in [0.2, 0.25) is 0 Å². The first-order valence-electron chi connectivity index (χ1n) is 8.49. The number of aromatic amines is 1. The van der Waals surface area contributed by atoms with Gasteiger partial charge in [0.25, 0.3) is 0 Å². The van der Waals surface area contributed by atoms with Crippen molar-refractivity contribution in [2.75, 3.05) is 13.2 Å². The number of aromatic nitrogens is 4. The topological polar surface area (TPSA) is 55.7 Å². The molecule has 1 N–H and O–H groups in total. The lowest BCUT2D eigenvalue weighted by molar-refractivity contribution is 0.0842. The smallest absolute Gasteiger partial charge is 0.155 e. The van der Waals surface area contributed by atoms with Gasteiger partial charge in [-0.1, -0.05) is 0 Å². The predicted molar refractivity (Wildman–Crippen MR) is 93.5 cm³/mol. The highest BCUT2D eigenvalue weighted by Crippen LogP contribution is 2.34. The summed E-state index contributed by atoms with van der Waals surface area (Å²) in [5, 5.41) is 7.96. The number of pyridine rings is 1. The zero-order valence-corrected chi connectivity index (χ0v) is 13.6. The summed E-state index contributed by atoms with van der Waals surface area (Å²) in [5.41, 5.74) is 4.87. The fourth-order valence-electron chi connectivity index (χ4n) is 3.68. The van der Waals surface area contributed by atoms with E-state index in [1.54, 1.807) is 6.20 Å². The molecule has 6 heteroatoms. The lowest BCUT2D eigenvalue weighted by Gasteiger charge is -2.24. The third-order valence-electron chi connectivity index (χ3n) is 4.94. The summed E-state index contributed by atoms with van der Waals surface area (Å²) in [4.78, 5) is 4.71. The maximum absolute atomic E-state index is 13.4. The van der Waals surface area contributed by atoms with Crippen molar-refractivity contribution in [3.05, 3.63) is 54.1 Å². The molecule has 126 valence electrons. The van der Waals surface area contributed by atoms with Gasteiger partial charge in [-0.2, -0.15) is 5.10 Å². The van der Waals surface area contributed by atoms with E-state index < -0.39 is 0 Å². The van der Waals surface area contributed by atoms with Crippen LogP contribution in [0.1, 0.15) is 24.5 Å². The van der Waals surface area contributed by atoms with Crippen LogP contribution < -0.4 is 0 Å². The largest absolute Gasteiger partial charge is 0.381 e. The molecule has 0 bridgehead atoms. The second kappa shape index (κ2) is 5.67. The normalized spacial score (nSPS) is 16.0. The Morgan fingerprint density at radius 2 is 1.92 bits per heavy atom. The summed E-state index contributed by atoms with van der Waals surface area (Å²) >= 11 is 0. The molecule has 1 fully saturated rings. The molecule has 25 heavy (non-hydrogen) atoms. The minimum absolute atomic E-state index is 0.233. The predicted octanol–water partition coefficient (Wildman–Crippen LogP) is 3.93. The van der Waals surface area contributed by atoms with Gasteiger partial charge in [-0.3, -0.25) is 5.10 Å². The van der Waals surface area contributed by atoms with Crippen molar-refractivity contribution in [1.29, 1.82) is 0 Å². The van der Waals surface area contributed by atoms with Gasteiger partial charge < -0.3 is 9.30 Å². The van der Waals surface area contributed by atoms with Gasteiger partial charge >= 0.3 is 0 Å². The van der Waals surface area contributed by atoms with E-state index in [0.717, 1.165) is 53.8 Å². The number of rotatable bonds is 2. The van der Waals surface area contributed by atoms with Crippen LogP contribution in [0.15, 0.2) is 42.6 Å². The second-order valence-corrected chi connectivity index (χ2v) is 6.47. The maximum Gasteiger partial charge on any atom is 0.155 e. The molecule has 4 heterocycles. The Kier molecular flexibility index (Phi) is 3.31. The van der Waals surface area contributed by atoms with E-state index in [1.807, 2.05) is 12.1 Å². The highest BCUT2D eigenvalue weighted by atomic mass is 19.1. The van der Waals surface area contributed by atoms with Crippen LogP contribution in [0.4, 0.5) is 4.39 Å². The van der Waals surface area contributed by atoms with Crippen LogP contribution in [0.3, 0.4) is 0 Å². The zero-order chi connectivity index (χ0) is 16.8. The van der Waals surface area contributed by atoms with Gasteiger partial charge in [-0.25, -0.2) is 9.37 Å². The molecule has 3 aromatic heterocycles. The van der Waals surface area contributed by atoms with Crippen LogP contribution in [0.25, 0.3) is 27.8 Å². The van der Waals surface area contributed by atoms with Crippen molar-refractivity contribution in [3.63, 3.8) is 0 Å². The van der Waals surface area contributed by atoms with E-state index in [1.165, 1.54) is 17.8 Å². The molecule has 5 rings (SSSR count). The molecule has 1 aliphatic rings. The molecular weight excluding hydrogens is 319 g/mol. The summed E-state index contributed by atoms with van der Waals surface area (Å²) in [6.45, 7) is 1.54. The molecule has 5 nitrogen and oxygen atoms in total. The second-order valence-electron chi connectivity index (χ2n) is 6.47. The van der Waals surface area contributed by atoms with E-state index in [2.05, 4.69) is 26.9 Å². The molecule has 0 radical (unpaired) electrons. The maximum atomic E-state index is 13.4. The number of H-pyrrole nitrogens is 1. The Morgan fingerprint density at radius 1 is 1.12 bits per heavy atom. The van der Waals surface area contributed by atoms with Gasteiger partial charge in [-0.05, 0) is 49.2 Å². The van der Waals surface area contributed by atoms with Crippen molar-refractivity contribution < 1.29 is 9.13 Å². The van der Waals surface area contributed by atoms with E-state index >= 15 is 0 Å². The molecule has 1 aromatic carbocycles. The Hall–Kier alpha value is -2.73. The summed E-state index contributed by atoms with van der Waals surface area (Å²) in [6, 6.07) is 10.9. The van der Waals surface area contributed by atoms with E-state index in [-0.39, 0.29) is 5.82 Å². The van der Waals surface area contributed by atoms with Crippen molar-refractivity contribution >= 4 is 22.1 Å². The quantitative estimate of drug-likeness (QED) is 0.603. The van der Waals surface area contributed by atoms with Crippen molar-refractivity contribution in [2.24, 2.45) is 0 Å². The lowest BCUT2D eigenvalue weighted by Crippen LogP contribution is -2.16. The molecule has 0 saturated carbocycles. The highest BCUT2D eigenvalue weighted by molar-refractivity contribution is 5.91. The summed E-state index contributed by atoms with van der Waals surface area (Å²) in [5.74, 6) is 0.174. The first kappa shape index (κ1) is 14.6. The molecule has 0 amide bonds. The van der Waals surface area contributed by atoms with Crippen LogP contribution >= 0.6 is 0 Å². The van der Waals surface area contributed by atoms with Gasteiger partial charge in [0.15, 0.2) is 5.65 Å². The van der Waals surface area contributed by atoms with E-state index in [0.29, 0.717) is 5.92 Å². The van der Waals surface area contributed by atoms with Crippen LogP contribution in [-0.2, 0) is 4.74 Å². The van der Waals surface area contributed by atoms with E-state index in [4.69, 9.17) is 9.72 Å². The first-order valence-corrected chi connectivity index (χ1v) is 8.49. The number of benzene rings is 1. The zero-order valence-electron chi connectivity index (χ0n) is 13.6. The van der Waals surface area contributed by atoms with Crippen LogP contribution in [-0.4, -0.2) is 33.0 Å². The molecule has 4 aromatic rings. The average molecular weight is 336 g/mol. The molecule has 0 aliphatic carbocycles. The fourth-order valence-corrected chi connectivity index (χ4v) is 3.68. The molecule has 0 spiro atoms. The lowest BCUT2D eigenvalue weighted by atomic mass is 9.96. The van der Waals surface area contributed by atoms with E-state index in [9.17, 15) is 4.39 Å². The van der Waals surface area contributed by atoms with Crippen molar-refractivity contribution in [1.82, 2.24) is 19.7 Å². The van der Waals surface area contributed by atoms with Gasteiger partial charge in [0, 0.05) is 35.9 Å². The van der Waals surface area contributed by atoms with Crippen LogP contribution in [0, 0.1) is 5.82 Å². The summed E-state index contributed by atoms with van der Waals surface area (Å²) < 4.78 is 21.1. The minimum Gasteiger partial charge on any atom is -0.381 e. The molecule has 0 atom stereocenters. The SMILES string of the molecule is Fc1ccc(-n2c(C3CCOCC3)cc3nc4[nH]ncc4cc32)cc1. The molecular formula is C19H17FN4O. The van der Waals surface area contributed by atoms with Gasteiger partial charge in [0.2, 0.25) is 0 Å². The monoisotopic (exact) mass is 336 g/mol. The third kappa shape index (κ3) is 2.41. The number of fused-ring (bicyclic) bond motifs is 2. The summed E-state index contributed by atoms with van der Waals surface area (Å²) in [7, 11) is 0. The number of hydrogen-bond acceptors (Lipinski definition) is 3. The number of nitrogens with one attached hydrogen (secondary N) is 1. The van der Waals surface area contributed by atoms with Crippen LogP contribution in [0.5, 0.6) is 0 Å². The summed E-state index contributed by atoms with van der Waals surface area (Å²) in [6.07, 6.45) is 3.74. The highest BCUT2D eigenvalue weighted by Gasteiger charge is 2.23. The number of ether oxygens (including phenoxy) is 1. The number of nitrogens with zero attached hydrogens (tertiary/aromatic N) is 3. The number of halogens is 1. The standard InChI is InChI=1S/C19H17FN4O/c20-14-1-3-15(4-2-14)24-17(12-5-7-25-8-6-12)10-16-18(24)9-13-11-21-23-19(13)22-16/h1-4,9-12H,5-8H2,(H,21,22,23). The van der Waals surface area contributed by atoms with Gasteiger partial charge in [0.1, 0.15) is 5.82 Å². The Balaban J connectivity index is 1.78. The Morgan fingerprint density at radius 3 is 2.72 bits per heavy atom. The molecule has 1 saturated heterocycles. The fraction of sp³-hybridized carbons (Fsp3) is 0.263. The van der Waals surface area contributed by atoms with Gasteiger partial charge in [0.05, 0.1) is 17.2 Å². The molecule has 1 aliphatic heterocycles. The number of hydrogen-bond donors (Lipinski definition) is 1. The van der Waals surface area contributed by atoms with Crippen molar-refractivity contribution in [2.45, 2.75) is 18.8 Å². The van der Waals surface area contributed by atoms with Gasteiger partial charge in [-0.15, -0.1) is 0 Å². The Labute approximate surface area is 143 Å². The Bertz CT molecular complexity index is 1040. The van der Waals surface area contributed by atoms with Crippen molar-refractivity contribution in [3.8, 4) is 5.69 Å². The minimum atomic E-state index is -0.233.